The van der Waals surface area contributed by atoms with Gasteiger partial charge in [0, 0.05) is 11.8 Å². The zero-order chi connectivity index (χ0) is 26.0. The number of nitrogens with zero attached hydrogens (tertiary/aromatic N) is 1. The van der Waals surface area contributed by atoms with E-state index in [0.717, 1.165) is 5.56 Å². The molecule has 1 aliphatic heterocycles. The molecule has 0 saturated carbocycles. The van der Waals surface area contributed by atoms with Crippen molar-refractivity contribution in [2.24, 2.45) is 0 Å². The molecule has 8 heteroatoms. The zero-order valence-electron chi connectivity index (χ0n) is 20.4. The maximum Gasteiger partial charge on any atom is 0.300 e. The number of rotatable bonds is 7. The Labute approximate surface area is 214 Å². The van der Waals surface area contributed by atoms with E-state index in [1.807, 2.05) is 26.0 Å². The van der Waals surface area contributed by atoms with E-state index in [1.54, 1.807) is 36.4 Å². The van der Waals surface area contributed by atoms with Crippen LogP contribution in [0.5, 0.6) is 17.2 Å². The Kier molecular flexibility index (Phi) is 7.22. The number of methoxy groups -OCH3 is 2. The summed E-state index contributed by atoms with van der Waals surface area (Å²) in [5.74, 6) is -0.829. The second kappa shape index (κ2) is 10.3. The van der Waals surface area contributed by atoms with Crippen LogP contribution in [0.1, 0.15) is 29.7 Å². The summed E-state index contributed by atoms with van der Waals surface area (Å²) >= 11 is 6.34. The summed E-state index contributed by atoms with van der Waals surface area (Å²) in [5.41, 5.74) is 2.04. The number of hydrogen-bond acceptors (Lipinski definition) is 6. The fourth-order valence-corrected chi connectivity index (χ4v) is 4.60. The molecular weight excluding hydrogens is 482 g/mol. The van der Waals surface area contributed by atoms with E-state index < -0.39 is 23.5 Å². The number of Topliss-reactive ketones (excluding diaryl/α,β-unsaturated/α-hetero) is 1. The van der Waals surface area contributed by atoms with Crippen LogP contribution in [0.25, 0.3) is 5.76 Å². The summed E-state index contributed by atoms with van der Waals surface area (Å²) in [7, 11) is 2.88. The number of benzene rings is 3. The SMILES string of the molecule is CCOc1cccc(C2/C(=C(\O)c3cc(Cl)c(OC)cc3OC)C(=O)C(=O)N2c2ccccc2C)c1. The molecule has 1 heterocycles. The second-order valence-electron chi connectivity index (χ2n) is 8.15. The third kappa shape index (κ3) is 4.38. The van der Waals surface area contributed by atoms with Crippen molar-refractivity contribution in [3.05, 3.63) is 87.9 Å². The van der Waals surface area contributed by atoms with E-state index in [9.17, 15) is 14.7 Å². The molecule has 4 rings (SSSR count). The number of aliphatic hydroxyl groups excluding tert-OH is 1. The average Bonchev–Trinajstić information content (AvgIpc) is 3.14. The standard InChI is InChI=1S/C28H26ClNO6/c1-5-36-18-11-8-10-17(13-18)25-24(26(31)19-14-20(29)23(35-4)15-22(19)34-3)27(32)28(33)30(25)21-12-7-6-9-16(21)2/h6-15,25,31H,5H2,1-4H3/b26-24+. The Hall–Kier alpha value is -3.97. The Morgan fingerprint density at radius 2 is 1.72 bits per heavy atom. The van der Waals surface area contributed by atoms with E-state index in [0.29, 0.717) is 29.4 Å². The largest absolute Gasteiger partial charge is 0.507 e. The molecule has 1 atom stereocenters. The molecule has 0 aliphatic carbocycles. The summed E-state index contributed by atoms with van der Waals surface area (Å²) in [5, 5.41) is 11.7. The molecule has 1 fully saturated rings. The lowest BCUT2D eigenvalue weighted by atomic mass is 9.94. The second-order valence-corrected chi connectivity index (χ2v) is 8.56. The maximum atomic E-state index is 13.5. The maximum absolute atomic E-state index is 13.5. The number of carbonyl (C=O) groups is 2. The van der Waals surface area contributed by atoms with Gasteiger partial charge in [-0.15, -0.1) is 0 Å². The third-order valence-electron chi connectivity index (χ3n) is 6.03. The van der Waals surface area contributed by atoms with Crippen LogP contribution in [0.15, 0.2) is 66.2 Å². The Balaban J connectivity index is 2.00. The topological polar surface area (TPSA) is 85.3 Å². The molecule has 186 valence electrons. The minimum Gasteiger partial charge on any atom is -0.507 e. The summed E-state index contributed by atoms with van der Waals surface area (Å²) < 4.78 is 16.4. The smallest absolute Gasteiger partial charge is 0.300 e. The third-order valence-corrected chi connectivity index (χ3v) is 6.33. The van der Waals surface area contributed by atoms with Crippen LogP contribution in [0, 0.1) is 6.92 Å². The van der Waals surface area contributed by atoms with Gasteiger partial charge in [-0.1, -0.05) is 41.9 Å². The summed E-state index contributed by atoms with van der Waals surface area (Å²) in [4.78, 5) is 28.3. The molecule has 7 nitrogen and oxygen atoms in total. The van der Waals surface area contributed by atoms with Crippen molar-refractivity contribution < 1.29 is 28.9 Å². The van der Waals surface area contributed by atoms with Gasteiger partial charge >= 0.3 is 0 Å². The van der Waals surface area contributed by atoms with Crippen LogP contribution in [-0.4, -0.2) is 37.6 Å². The van der Waals surface area contributed by atoms with Gasteiger partial charge in [0.05, 0.1) is 43.0 Å². The summed E-state index contributed by atoms with van der Waals surface area (Å²) in [6, 6.07) is 16.4. The van der Waals surface area contributed by atoms with Gasteiger partial charge in [0.1, 0.15) is 23.0 Å². The van der Waals surface area contributed by atoms with Gasteiger partial charge in [-0.05, 0) is 49.2 Å². The summed E-state index contributed by atoms with van der Waals surface area (Å²) in [6.45, 7) is 4.17. The molecule has 0 spiro atoms. The van der Waals surface area contributed by atoms with Gasteiger partial charge in [-0.2, -0.15) is 0 Å². The van der Waals surface area contributed by atoms with Crippen molar-refractivity contribution >= 4 is 34.7 Å². The van der Waals surface area contributed by atoms with Crippen molar-refractivity contribution in [3.8, 4) is 17.2 Å². The molecule has 1 unspecified atom stereocenters. The number of ether oxygens (including phenoxy) is 3. The molecule has 3 aromatic rings. The molecule has 0 bridgehead atoms. The first-order chi connectivity index (χ1) is 17.3. The van der Waals surface area contributed by atoms with Gasteiger partial charge in [0.2, 0.25) is 0 Å². The quantitative estimate of drug-likeness (QED) is 0.251. The van der Waals surface area contributed by atoms with Crippen LogP contribution < -0.4 is 19.1 Å². The van der Waals surface area contributed by atoms with E-state index in [2.05, 4.69) is 0 Å². The van der Waals surface area contributed by atoms with Crippen molar-refractivity contribution in [1.29, 1.82) is 0 Å². The number of aryl methyl sites for hydroxylation is 1. The van der Waals surface area contributed by atoms with Gasteiger partial charge in [-0.25, -0.2) is 0 Å². The highest BCUT2D eigenvalue weighted by Gasteiger charge is 2.47. The Morgan fingerprint density at radius 1 is 1.00 bits per heavy atom. The minimum atomic E-state index is -0.919. The van der Waals surface area contributed by atoms with Crippen molar-refractivity contribution in [1.82, 2.24) is 0 Å². The van der Waals surface area contributed by atoms with Crippen molar-refractivity contribution in [2.75, 3.05) is 25.7 Å². The van der Waals surface area contributed by atoms with Crippen LogP contribution in [0.4, 0.5) is 5.69 Å². The lowest BCUT2D eigenvalue weighted by Gasteiger charge is -2.27. The number of halogens is 1. The van der Waals surface area contributed by atoms with E-state index in [-0.39, 0.29) is 21.9 Å². The van der Waals surface area contributed by atoms with Crippen LogP contribution >= 0.6 is 11.6 Å². The van der Waals surface area contributed by atoms with Crippen LogP contribution in [-0.2, 0) is 9.59 Å². The molecule has 1 saturated heterocycles. The molecule has 1 amide bonds. The number of carbonyl (C=O) groups excluding carboxylic acids is 2. The van der Waals surface area contributed by atoms with Gasteiger partial charge in [-0.3, -0.25) is 14.5 Å². The first-order valence-corrected chi connectivity index (χ1v) is 11.7. The number of ketones is 1. The lowest BCUT2D eigenvalue weighted by molar-refractivity contribution is -0.132. The molecule has 36 heavy (non-hydrogen) atoms. The van der Waals surface area contributed by atoms with Gasteiger partial charge in [0.25, 0.3) is 11.7 Å². The molecular formula is C28H26ClNO6. The predicted octanol–water partition coefficient (Wildman–Crippen LogP) is 5.69. The van der Waals surface area contributed by atoms with Crippen molar-refractivity contribution in [2.45, 2.75) is 19.9 Å². The van der Waals surface area contributed by atoms with Gasteiger partial charge < -0.3 is 19.3 Å². The highest BCUT2D eigenvalue weighted by Crippen LogP contribution is 2.45. The normalized spacial score (nSPS) is 16.8. The first-order valence-electron chi connectivity index (χ1n) is 11.3. The van der Waals surface area contributed by atoms with Gasteiger partial charge in [0.15, 0.2) is 0 Å². The zero-order valence-corrected chi connectivity index (χ0v) is 21.1. The molecule has 3 aromatic carbocycles. The fourth-order valence-electron chi connectivity index (χ4n) is 4.36. The lowest BCUT2D eigenvalue weighted by Crippen LogP contribution is -2.30. The molecule has 1 N–H and O–H groups in total. The van der Waals surface area contributed by atoms with E-state index >= 15 is 0 Å². The Bertz CT molecular complexity index is 1370. The molecule has 0 radical (unpaired) electrons. The number of anilines is 1. The molecule has 1 aliphatic rings. The van der Waals surface area contributed by atoms with Crippen molar-refractivity contribution in [3.63, 3.8) is 0 Å². The monoisotopic (exact) mass is 507 g/mol. The van der Waals surface area contributed by atoms with E-state index in [4.69, 9.17) is 25.8 Å². The van der Waals surface area contributed by atoms with Crippen LogP contribution in [0.2, 0.25) is 5.02 Å². The number of aliphatic hydroxyl groups is 1. The first kappa shape index (κ1) is 25.1. The number of para-hydroxylation sites is 1. The number of hydrogen-bond donors (Lipinski definition) is 1. The Morgan fingerprint density at radius 3 is 2.39 bits per heavy atom. The van der Waals surface area contributed by atoms with E-state index in [1.165, 1.54) is 31.3 Å². The predicted molar refractivity (Wildman–Crippen MR) is 138 cm³/mol. The minimum absolute atomic E-state index is 0.0866. The number of amides is 1. The highest BCUT2D eigenvalue weighted by molar-refractivity contribution is 6.52. The fraction of sp³-hybridized carbons (Fsp3) is 0.214. The molecule has 0 aromatic heterocycles. The van der Waals surface area contributed by atoms with Crippen LogP contribution in [0.3, 0.4) is 0 Å². The summed E-state index contributed by atoms with van der Waals surface area (Å²) in [6.07, 6.45) is 0. The average molecular weight is 508 g/mol. The highest BCUT2D eigenvalue weighted by atomic mass is 35.5.